The lowest BCUT2D eigenvalue weighted by atomic mass is 10.1. The number of carbonyl (C=O) groups is 1. The van der Waals surface area contributed by atoms with Gasteiger partial charge in [-0.25, -0.2) is 0 Å². The number of aromatic nitrogens is 2. The Morgan fingerprint density at radius 2 is 2.47 bits per heavy atom. The molecule has 0 spiro atoms. The molecule has 1 atom stereocenters. The van der Waals surface area contributed by atoms with Gasteiger partial charge < -0.3 is 9.84 Å². The third-order valence-corrected chi connectivity index (χ3v) is 2.29. The number of rotatable bonds is 5. The Morgan fingerprint density at radius 1 is 1.80 bits per heavy atom. The molecule has 5 nitrogen and oxygen atoms in total. The maximum Gasteiger partial charge on any atom is 0.160 e. The average Bonchev–Trinajstić information content (AvgIpc) is 2.57. The molecule has 0 saturated heterocycles. The molecule has 0 aliphatic heterocycles. The predicted molar refractivity (Wildman–Crippen MR) is 54.7 cm³/mol. The Hall–Kier alpha value is -0.910. The Morgan fingerprint density at radius 3 is 3.00 bits per heavy atom. The van der Waals surface area contributed by atoms with Gasteiger partial charge in [-0.15, -0.1) is 0 Å². The molecule has 1 N–H and O–H groups in total. The molecule has 1 heterocycles. The first-order chi connectivity index (χ1) is 7.03. The van der Waals surface area contributed by atoms with Gasteiger partial charge in [-0.2, -0.15) is 5.10 Å². The topological polar surface area (TPSA) is 64.3 Å². The van der Waals surface area contributed by atoms with Crippen LogP contribution in [0.2, 0.25) is 5.02 Å². The van der Waals surface area contributed by atoms with Gasteiger partial charge in [0, 0.05) is 7.11 Å². The van der Waals surface area contributed by atoms with E-state index in [2.05, 4.69) is 5.10 Å². The average molecular weight is 233 g/mol. The van der Waals surface area contributed by atoms with Crippen molar-refractivity contribution in [3.05, 3.63) is 16.9 Å². The van der Waals surface area contributed by atoms with Crippen molar-refractivity contribution >= 4 is 17.9 Å². The summed E-state index contributed by atoms with van der Waals surface area (Å²) >= 11 is 5.84. The van der Waals surface area contributed by atoms with Crippen molar-refractivity contribution in [3.8, 4) is 0 Å². The van der Waals surface area contributed by atoms with Gasteiger partial charge in [0.25, 0.3) is 0 Å². The lowest BCUT2D eigenvalue weighted by Gasteiger charge is -2.18. The molecule has 0 bridgehead atoms. The van der Waals surface area contributed by atoms with Crippen LogP contribution in [0.25, 0.3) is 0 Å². The lowest BCUT2D eigenvalue weighted by Crippen LogP contribution is -2.28. The second-order valence-corrected chi connectivity index (χ2v) is 3.73. The molecule has 0 aromatic carbocycles. The lowest BCUT2D eigenvalue weighted by molar-refractivity contribution is -0.123. The van der Waals surface area contributed by atoms with Crippen molar-refractivity contribution in [2.75, 3.05) is 13.7 Å². The summed E-state index contributed by atoms with van der Waals surface area (Å²) in [6, 6.07) is 0. The van der Waals surface area contributed by atoms with E-state index in [4.69, 9.17) is 16.3 Å². The highest BCUT2D eigenvalue weighted by molar-refractivity contribution is 6.31. The van der Waals surface area contributed by atoms with Crippen LogP contribution in [0, 0.1) is 0 Å². The highest BCUT2D eigenvalue weighted by Gasteiger charge is 2.29. The van der Waals surface area contributed by atoms with Crippen LogP contribution in [-0.4, -0.2) is 34.9 Å². The molecule has 15 heavy (non-hydrogen) atoms. The number of ether oxygens (including phenoxy) is 1. The number of aldehydes is 1. The fourth-order valence-electron chi connectivity index (χ4n) is 1.27. The molecule has 1 aromatic rings. The molecule has 0 radical (unpaired) electrons. The maximum absolute atomic E-state index is 10.7. The van der Waals surface area contributed by atoms with E-state index < -0.39 is 5.60 Å². The Labute approximate surface area is 92.6 Å². The summed E-state index contributed by atoms with van der Waals surface area (Å²) in [5, 5.41) is 14.0. The van der Waals surface area contributed by atoms with Gasteiger partial charge in [0.05, 0.1) is 30.1 Å². The number of nitrogens with zero attached hydrogens (tertiary/aromatic N) is 2. The number of aliphatic hydroxyl groups is 1. The van der Waals surface area contributed by atoms with E-state index in [1.165, 1.54) is 17.8 Å². The van der Waals surface area contributed by atoms with Crippen LogP contribution in [0.5, 0.6) is 0 Å². The molecule has 0 aliphatic carbocycles. The summed E-state index contributed by atoms with van der Waals surface area (Å²) in [6.07, 6.45) is 1.82. The SMILES string of the molecule is COCCn1ncc(Cl)c1C(C)(O)C=O. The van der Waals surface area contributed by atoms with E-state index in [1.54, 1.807) is 7.11 Å². The minimum absolute atomic E-state index is 0.267. The van der Waals surface area contributed by atoms with Gasteiger partial charge in [0.1, 0.15) is 0 Å². The van der Waals surface area contributed by atoms with Crippen LogP contribution in [0.15, 0.2) is 6.20 Å². The summed E-state index contributed by atoms with van der Waals surface area (Å²) in [4.78, 5) is 10.7. The van der Waals surface area contributed by atoms with Crippen LogP contribution in [-0.2, 0) is 21.7 Å². The Balaban J connectivity index is 3.03. The van der Waals surface area contributed by atoms with Crippen molar-refractivity contribution in [2.24, 2.45) is 0 Å². The molecular formula is C9H13ClN2O3. The molecular weight excluding hydrogens is 220 g/mol. The van der Waals surface area contributed by atoms with E-state index in [-0.39, 0.29) is 10.7 Å². The largest absolute Gasteiger partial charge is 0.383 e. The van der Waals surface area contributed by atoms with E-state index in [0.717, 1.165) is 0 Å². The smallest absolute Gasteiger partial charge is 0.160 e. The summed E-state index contributed by atoms with van der Waals surface area (Å²) in [5.74, 6) is 0. The number of hydrogen-bond acceptors (Lipinski definition) is 4. The minimum Gasteiger partial charge on any atom is -0.383 e. The molecule has 0 aliphatic rings. The molecule has 1 unspecified atom stereocenters. The summed E-state index contributed by atoms with van der Waals surface area (Å²) in [6.45, 7) is 2.23. The second kappa shape index (κ2) is 4.74. The van der Waals surface area contributed by atoms with Crippen molar-refractivity contribution in [1.82, 2.24) is 9.78 Å². The fourth-order valence-corrected chi connectivity index (χ4v) is 1.60. The maximum atomic E-state index is 10.7. The zero-order valence-electron chi connectivity index (χ0n) is 8.61. The van der Waals surface area contributed by atoms with Gasteiger partial charge in [-0.1, -0.05) is 11.6 Å². The van der Waals surface area contributed by atoms with Crippen LogP contribution in [0.1, 0.15) is 12.6 Å². The summed E-state index contributed by atoms with van der Waals surface area (Å²) in [5.41, 5.74) is -1.34. The van der Waals surface area contributed by atoms with Crippen molar-refractivity contribution in [1.29, 1.82) is 0 Å². The minimum atomic E-state index is -1.62. The van der Waals surface area contributed by atoms with E-state index >= 15 is 0 Å². The molecule has 84 valence electrons. The van der Waals surface area contributed by atoms with Gasteiger partial charge in [-0.3, -0.25) is 9.48 Å². The molecule has 0 saturated carbocycles. The van der Waals surface area contributed by atoms with Crippen LogP contribution in [0.3, 0.4) is 0 Å². The first kappa shape index (κ1) is 12.2. The molecule has 0 amide bonds. The van der Waals surface area contributed by atoms with Gasteiger partial charge in [-0.05, 0) is 6.92 Å². The second-order valence-electron chi connectivity index (χ2n) is 3.32. The van der Waals surface area contributed by atoms with Crippen LogP contribution in [0.4, 0.5) is 0 Å². The zero-order chi connectivity index (χ0) is 11.5. The van der Waals surface area contributed by atoms with E-state index in [9.17, 15) is 9.90 Å². The van der Waals surface area contributed by atoms with Crippen molar-refractivity contribution in [3.63, 3.8) is 0 Å². The number of hydrogen-bond donors (Lipinski definition) is 1. The first-order valence-electron chi connectivity index (χ1n) is 4.42. The van der Waals surface area contributed by atoms with Crippen LogP contribution < -0.4 is 0 Å². The number of methoxy groups -OCH3 is 1. The molecule has 1 rings (SSSR count). The quantitative estimate of drug-likeness (QED) is 0.755. The van der Waals surface area contributed by atoms with Crippen molar-refractivity contribution < 1.29 is 14.6 Å². The molecule has 1 aromatic heterocycles. The standard InChI is InChI=1S/C9H13ClN2O3/c1-9(14,6-13)8-7(10)5-11-12(8)3-4-15-2/h5-6,14H,3-4H2,1-2H3. The fraction of sp³-hybridized carbons (Fsp3) is 0.556. The van der Waals surface area contributed by atoms with Crippen molar-refractivity contribution in [2.45, 2.75) is 19.1 Å². The normalized spacial score (nSPS) is 14.9. The van der Waals surface area contributed by atoms with E-state index in [0.29, 0.717) is 19.4 Å². The molecule has 0 fully saturated rings. The highest BCUT2D eigenvalue weighted by atomic mass is 35.5. The molecule has 6 heteroatoms. The Kier molecular flexibility index (Phi) is 3.84. The van der Waals surface area contributed by atoms with E-state index in [1.807, 2.05) is 0 Å². The summed E-state index contributed by atoms with van der Waals surface area (Å²) < 4.78 is 6.34. The summed E-state index contributed by atoms with van der Waals surface area (Å²) in [7, 11) is 1.56. The zero-order valence-corrected chi connectivity index (χ0v) is 9.36. The Bertz CT molecular complexity index is 349. The van der Waals surface area contributed by atoms with Gasteiger partial charge >= 0.3 is 0 Å². The number of carbonyl (C=O) groups excluding carboxylic acids is 1. The number of halogens is 1. The predicted octanol–water partition coefficient (Wildman–Crippen LogP) is 0.589. The monoisotopic (exact) mass is 232 g/mol. The van der Waals surface area contributed by atoms with Crippen LogP contribution >= 0.6 is 11.6 Å². The third kappa shape index (κ3) is 2.56. The van der Waals surface area contributed by atoms with Gasteiger partial charge in [0.2, 0.25) is 0 Å². The first-order valence-corrected chi connectivity index (χ1v) is 4.80. The highest BCUT2D eigenvalue weighted by Crippen LogP contribution is 2.26. The van der Waals surface area contributed by atoms with Gasteiger partial charge in [0.15, 0.2) is 11.9 Å². The third-order valence-electron chi connectivity index (χ3n) is 2.01.